The van der Waals surface area contributed by atoms with E-state index in [0.717, 1.165) is 19.0 Å². The second kappa shape index (κ2) is 5.92. The molecule has 2 aliphatic rings. The van der Waals surface area contributed by atoms with Gasteiger partial charge in [0.25, 0.3) is 0 Å². The molecule has 0 spiro atoms. The summed E-state index contributed by atoms with van der Waals surface area (Å²) >= 11 is 0. The molecule has 2 rings (SSSR count). The topological polar surface area (TPSA) is 23.5 Å². The Morgan fingerprint density at radius 3 is 2.28 bits per heavy atom. The summed E-state index contributed by atoms with van der Waals surface area (Å²) in [6, 6.07) is 0.757. The maximum atomic E-state index is 10.1. The molecule has 0 heterocycles. The molecule has 106 valence electrons. The molecular weight excluding hydrogens is 222 g/mol. The van der Waals surface area contributed by atoms with E-state index in [9.17, 15) is 5.11 Å². The van der Waals surface area contributed by atoms with Crippen LogP contribution in [0.1, 0.15) is 65.2 Å². The van der Waals surface area contributed by atoms with E-state index in [-0.39, 0.29) is 6.10 Å². The average Bonchev–Trinajstić information content (AvgIpc) is 2.32. The number of aliphatic hydroxyl groups excluding tert-OH is 1. The molecule has 0 bridgehead atoms. The fourth-order valence-electron chi connectivity index (χ4n) is 3.74. The summed E-state index contributed by atoms with van der Waals surface area (Å²) < 4.78 is 0. The van der Waals surface area contributed by atoms with Gasteiger partial charge in [0.2, 0.25) is 0 Å². The second-order valence-corrected chi connectivity index (χ2v) is 7.45. The predicted octanol–water partition coefficient (Wildman–Crippen LogP) is 3.44. The summed E-state index contributed by atoms with van der Waals surface area (Å²) in [5.41, 5.74) is 0.557. The molecule has 0 amide bonds. The molecule has 0 aromatic heterocycles. The first kappa shape index (κ1) is 14.3. The summed E-state index contributed by atoms with van der Waals surface area (Å²) in [5, 5.41) is 10.1. The van der Waals surface area contributed by atoms with Crippen molar-refractivity contribution in [1.29, 1.82) is 0 Å². The first-order valence-electron chi connectivity index (χ1n) is 7.86. The average molecular weight is 253 g/mol. The Hall–Kier alpha value is -0.0800. The van der Waals surface area contributed by atoms with E-state index < -0.39 is 0 Å². The van der Waals surface area contributed by atoms with Crippen LogP contribution in [0.5, 0.6) is 0 Å². The van der Waals surface area contributed by atoms with Crippen molar-refractivity contribution in [1.82, 2.24) is 4.90 Å². The highest BCUT2D eigenvalue weighted by molar-refractivity contribution is 4.85. The molecule has 18 heavy (non-hydrogen) atoms. The lowest BCUT2D eigenvalue weighted by molar-refractivity contribution is 0.0329. The molecule has 2 nitrogen and oxygen atoms in total. The quantitative estimate of drug-likeness (QED) is 0.833. The molecule has 1 N–H and O–H groups in total. The van der Waals surface area contributed by atoms with Gasteiger partial charge in [0.05, 0.1) is 6.10 Å². The molecule has 2 aliphatic carbocycles. The fraction of sp³-hybridized carbons (Fsp3) is 1.00. The van der Waals surface area contributed by atoms with Crippen LogP contribution in [0.4, 0.5) is 0 Å². The maximum absolute atomic E-state index is 10.1. The minimum absolute atomic E-state index is 0.0405. The van der Waals surface area contributed by atoms with E-state index in [2.05, 4.69) is 25.8 Å². The van der Waals surface area contributed by atoms with Crippen molar-refractivity contribution in [3.8, 4) is 0 Å². The molecule has 0 radical (unpaired) electrons. The van der Waals surface area contributed by atoms with Crippen LogP contribution in [0.2, 0.25) is 0 Å². The Bertz CT molecular complexity index is 254. The van der Waals surface area contributed by atoms with Crippen molar-refractivity contribution >= 4 is 0 Å². The number of hydrogen-bond acceptors (Lipinski definition) is 2. The van der Waals surface area contributed by atoms with E-state index in [1.807, 2.05) is 0 Å². The number of nitrogens with zero attached hydrogens (tertiary/aromatic N) is 1. The van der Waals surface area contributed by atoms with Gasteiger partial charge in [-0.2, -0.15) is 0 Å². The molecule has 0 aromatic carbocycles. The van der Waals surface area contributed by atoms with Gasteiger partial charge in [-0.3, -0.25) is 0 Å². The van der Waals surface area contributed by atoms with Crippen LogP contribution in [0, 0.1) is 11.3 Å². The Balaban J connectivity index is 1.79. The van der Waals surface area contributed by atoms with Crippen LogP contribution in [-0.2, 0) is 0 Å². The Morgan fingerprint density at radius 1 is 1.06 bits per heavy atom. The predicted molar refractivity (Wildman–Crippen MR) is 76.6 cm³/mol. The van der Waals surface area contributed by atoms with Gasteiger partial charge in [-0.1, -0.05) is 26.7 Å². The lowest BCUT2D eigenvalue weighted by Crippen LogP contribution is -2.42. The largest absolute Gasteiger partial charge is 0.393 e. The number of rotatable bonds is 3. The van der Waals surface area contributed by atoms with Gasteiger partial charge in [-0.25, -0.2) is 0 Å². The van der Waals surface area contributed by atoms with Gasteiger partial charge in [-0.15, -0.1) is 0 Å². The Labute approximate surface area is 113 Å². The smallest absolute Gasteiger partial charge is 0.0580 e. The van der Waals surface area contributed by atoms with Gasteiger partial charge in [0.1, 0.15) is 0 Å². The third kappa shape index (κ3) is 3.71. The van der Waals surface area contributed by atoms with Crippen LogP contribution in [0.3, 0.4) is 0 Å². The monoisotopic (exact) mass is 253 g/mol. The van der Waals surface area contributed by atoms with Crippen molar-refractivity contribution in [2.75, 3.05) is 13.6 Å². The van der Waals surface area contributed by atoms with Crippen molar-refractivity contribution in [2.45, 2.75) is 77.4 Å². The molecule has 2 saturated carbocycles. The minimum atomic E-state index is -0.0405. The maximum Gasteiger partial charge on any atom is 0.0580 e. The van der Waals surface area contributed by atoms with E-state index in [1.54, 1.807) is 0 Å². The van der Waals surface area contributed by atoms with E-state index in [4.69, 9.17) is 0 Å². The van der Waals surface area contributed by atoms with Gasteiger partial charge in [0, 0.05) is 12.6 Å². The van der Waals surface area contributed by atoms with E-state index in [0.29, 0.717) is 11.3 Å². The molecule has 2 heteroatoms. The highest BCUT2D eigenvalue weighted by Gasteiger charge is 2.31. The summed E-state index contributed by atoms with van der Waals surface area (Å²) in [5.74, 6) is 0.527. The molecule has 2 fully saturated rings. The highest BCUT2D eigenvalue weighted by Crippen LogP contribution is 2.37. The zero-order valence-corrected chi connectivity index (χ0v) is 12.5. The molecule has 0 aliphatic heterocycles. The van der Waals surface area contributed by atoms with Crippen LogP contribution in [0.25, 0.3) is 0 Å². The zero-order valence-electron chi connectivity index (χ0n) is 12.5. The van der Waals surface area contributed by atoms with Gasteiger partial charge < -0.3 is 10.0 Å². The summed E-state index contributed by atoms with van der Waals surface area (Å²) in [7, 11) is 2.27. The molecular formula is C16H31NO. The number of aliphatic hydroxyl groups is 1. The SMILES string of the molecule is CN(CC1CCCCC1O)C1CCC(C)(C)CC1. The third-order valence-corrected chi connectivity index (χ3v) is 5.32. The van der Waals surface area contributed by atoms with Crippen LogP contribution in [0.15, 0.2) is 0 Å². The number of hydrogen-bond donors (Lipinski definition) is 1. The normalized spacial score (nSPS) is 33.8. The van der Waals surface area contributed by atoms with Gasteiger partial charge in [0.15, 0.2) is 0 Å². The van der Waals surface area contributed by atoms with Gasteiger partial charge >= 0.3 is 0 Å². The first-order chi connectivity index (χ1) is 8.48. The highest BCUT2D eigenvalue weighted by atomic mass is 16.3. The van der Waals surface area contributed by atoms with Gasteiger partial charge in [-0.05, 0) is 56.9 Å². The molecule has 2 unspecified atom stereocenters. The first-order valence-corrected chi connectivity index (χ1v) is 7.86. The third-order valence-electron chi connectivity index (χ3n) is 5.32. The summed E-state index contributed by atoms with van der Waals surface area (Å²) in [4.78, 5) is 2.54. The summed E-state index contributed by atoms with van der Waals surface area (Å²) in [6.07, 6.45) is 10.1. The summed E-state index contributed by atoms with van der Waals surface area (Å²) in [6.45, 7) is 5.90. The lowest BCUT2D eigenvalue weighted by atomic mass is 9.75. The fourth-order valence-corrected chi connectivity index (χ4v) is 3.74. The minimum Gasteiger partial charge on any atom is -0.393 e. The zero-order chi connectivity index (χ0) is 13.2. The van der Waals surface area contributed by atoms with E-state index >= 15 is 0 Å². The van der Waals surface area contributed by atoms with Crippen LogP contribution >= 0.6 is 0 Å². The molecule has 0 aromatic rings. The van der Waals surface area contributed by atoms with Crippen molar-refractivity contribution in [3.05, 3.63) is 0 Å². The molecule has 0 saturated heterocycles. The van der Waals surface area contributed by atoms with Crippen molar-refractivity contribution in [2.24, 2.45) is 11.3 Å². The Morgan fingerprint density at radius 2 is 1.67 bits per heavy atom. The van der Waals surface area contributed by atoms with E-state index in [1.165, 1.54) is 44.9 Å². The standard InChI is InChI=1S/C16H31NO/c1-16(2)10-8-14(9-11-16)17(3)12-13-6-4-5-7-15(13)18/h13-15,18H,4-12H2,1-3H3. The van der Waals surface area contributed by atoms with Crippen LogP contribution in [-0.4, -0.2) is 35.7 Å². The Kier molecular flexibility index (Phi) is 4.71. The van der Waals surface area contributed by atoms with Crippen LogP contribution < -0.4 is 0 Å². The van der Waals surface area contributed by atoms with Crippen molar-refractivity contribution in [3.63, 3.8) is 0 Å². The second-order valence-electron chi connectivity index (χ2n) is 7.45. The van der Waals surface area contributed by atoms with Crippen molar-refractivity contribution < 1.29 is 5.11 Å². The lowest BCUT2D eigenvalue weighted by Gasteiger charge is -2.41. The molecule has 2 atom stereocenters.